The average molecular weight is 307 g/mol. The molecule has 0 radical (unpaired) electrons. The maximum absolute atomic E-state index is 13.5. The fraction of sp³-hybridized carbons (Fsp3) is 0. The number of carbonyl (C=O) groups is 1. The number of halogens is 6. The SMILES string of the molecule is O=C(c1ccccc1Cl)c1c(F)c(F)c(F)c(F)c1F. The molecule has 2 aromatic rings. The van der Waals surface area contributed by atoms with Gasteiger partial charge in [-0.15, -0.1) is 0 Å². The number of hydrogen-bond donors (Lipinski definition) is 0. The minimum absolute atomic E-state index is 0.165. The van der Waals surface area contributed by atoms with Crippen LogP contribution in [0.1, 0.15) is 15.9 Å². The Bertz CT molecular complexity index is 685. The summed E-state index contributed by atoms with van der Waals surface area (Å²) in [6, 6.07) is 5.15. The van der Waals surface area contributed by atoms with Crippen LogP contribution in [0.3, 0.4) is 0 Å². The minimum Gasteiger partial charge on any atom is -0.288 e. The van der Waals surface area contributed by atoms with Crippen molar-refractivity contribution >= 4 is 17.4 Å². The fourth-order valence-electron chi connectivity index (χ4n) is 1.58. The summed E-state index contributed by atoms with van der Waals surface area (Å²) in [4.78, 5) is 11.9. The minimum atomic E-state index is -2.32. The van der Waals surface area contributed by atoms with E-state index in [9.17, 15) is 26.7 Å². The number of hydrogen-bond acceptors (Lipinski definition) is 1. The van der Waals surface area contributed by atoms with Crippen molar-refractivity contribution in [2.24, 2.45) is 0 Å². The van der Waals surface area contributed by atoms with Crippen LogP contribution in [0.2, 0.25) is 5.02 Å². The Morgan fingerprint density at radius 1 is 0.800 bits per heavy atom. The van der Waals surface area contributed by atoms with Gasteiger partial charge in [0.05, 0.1) is 5.02 Å². The highest BCUT2D eigenvalue weighted by molar-refractivity contribution is 6.35. The smallest absolute Gasteiger partial charge is 0.200 e. The quantitative estimate of drug-likeness (QED) is 0.350. The second kappa shape index (κ2) is 5.20. The summed E-state index contributed by atoms with van der Waals surface area (Å²) in [7, 11) is 0. The number of rotatable bonds is 2. The molecule has 0 aliphatic rings. The van der Waals surface area contributed by atoms with Crippen molar-refractivity contribution in [3.05, 3.63) is 69.5 Å². The van der Waals surface area contributed by atoms with Crippen molar-refractivity contribution in [3.8, 4) is 0 Å². The molecule has 0 fully saturated rings. The van der Waals surface area contributed by atoms with Gasteiger partial charge in [-0.2, -0.15) is 0 Å². The Labute approximate surface area is 114 Å². The van der Waals surface area contributed by atoms with Crippen LogP contribution < -0.4 is 0 Å². The van der Waals surface area contributed by atoms with Crippen LogP contribution in [0.15, 0.2) is 24.3 Å². The molecule has 0 aromatic heterocycles. The van der Waals surface area contributed by atoms with Crippen molar-refractivity contribution in [2.75, 3.05) is 0 Å². The Kier molecular flexibility index (Phi) is 3.76. The molecule has 0 saturated heterocycles. The van der Waals surface area contributed by atoms with E-state index in [4.69, 9.17) is 11.6 Å². The maximum Gasteiger partial charge on any atom is 0.200 e. The predicted octanol–water partition coefficient (Wildman–Crippen LogP) is 4.27. The molecule has 0 saturated carbocycles. The summed E-state index contributed by atoms with van der Waals surface area (Å²) in [5.74, 6) is -12.4. The molecular formula is C13H4ClF5O. The summed E-state index contributed by atoms with van der Waals surface area (Å²) in [5, 5.41) is -0.165. The van der Waals surface area contributed by atoms with E-state index in [0.717, 1.165) is 6.07 Å². The summed E-state index contributed by atoms with van der Waals surface area (Å²) in [5.41, 5.74) is -1.90. The lowest BCUT2D eigenvalue weighted by Gasteiger charge is -2.08. The van der Waals surface area contributed by atoms with Gasteiger partial charge in [0.2, 0.25) is 11.6 Å². The number of benzene rings is 2. The van der Waals surface area contributed by atoms with E-state index in [1.807, 2.05) is 0 Å². The average Bonchev–Trinajstić information content (AvgIpc) is 2.43. The molecule has 104 valence electrons. The molecule has 2 rings (SSSR count). The van der Waals surface area contributed by atoms with Gasteiger partial charge < -0.3 is 0 Å². The van der Waals surface area contributed by atoms with E-state index in [0.29, 0.717) is 0 Å². The standard InChI is InChI=1S/C13H4ClF5O/c14-6-4-2-1-3-5(6)13(20)7-8(15)10(17)12(19)11(18)9(7)16/h1-4H. The molecule has 7 heteroatoms. The maximum atomic E-state index is 13.5. The summed E-state index contributed by atoms with van der Waals surface area (Å²) >= 11 is 5.66. The second-order valence-corrected chi connectivity index (χ2v) is 4.16. The molecule has 1 nitrogen and oxygen atoms in total. The zero-order valence-electron chi connectivity index (χ0n) is 9.49. The van der Waals surface area contributed by atoms with E-state index in [2.05, 4.69) is 0 Å². The molecule has 0 N–H and O–H groups in total. The van der Waals surface area contributed by atoms with Crippen LogP contribution in [0.5, 0.6) is 0 Å². The zero-order chi connectivity index (χ0) is 15.0. The van der Waals surface area contributed by atoms with Crippen LogP contribution in [0.4, 0.5) is 22.0 Å². The molecule has 2 aromatic carbocycles. The monoisotopic (exact) mass is 306 g/mol. The van der Waals surface area contributed by atoms with Crippen molar-refractivity contribution in [3.63, 3.8) is 0 Å². The lowest BCUT2D eigenvalue weighted by molar-refractivity contribution is 0.102. The van der Waals surface area contributed by atoms with Gasteiger partial charge >= 0.3 is 0 Å². The summed E-state index contributed by atoms with van der Waals surface area (Å²) in [6.45, 7) is 0. The van der Waals surface area contributed by atoms with Crippen molar-refractivity contribution in [1.29, 1.82) is 0 Å². The van der Waals surface area contributed by atoms with Crippen LogP contribution in [0.25, 0.3) is 0 Å². The Balaban J connectivity index is 2.71. The van der Waals surface area contributed by atoms with E-state index in [-0.39, 0.29) is 10.6 Å². The van der Waals surface area contributed by atoms with Gasteiger partial charge in [0.25, 0.3) is 0 Å². The molecule has 0 aliphatic carbocycles. The molecular weight excluding hydrogens is 303 g/mol. The van der Waals surface area contributed by atoms with Crippen molar-refractivity contribution in [1.82, 2.24) is 0 Å². The number of carbonyl (C=O) groups excluding carboxylic acids is 1. The first-order valence-corrected chi connectivity index (χ1v) is 5.54. The Morgan fingerprint density at radius 3 is 1.75 bits per heavy atom. The molecule has 0 unspecified atom stereocenters. The van der Waals surface area contributed by atoms with Gasteiger partial charge in [-0.1, -0.05) is 23.7 Å². The fourth-order valence-corrected chi connectivity index (χ4v) is 1.81. The Morgan fingerprint density at radius 2 is 1.25 bits per heavy atom. The first kappa shape index (κ1) is 14.5. The first-order chi connectivity index (χ1) is 9.36. The van der Waals surface area contributed by atoms with Gasteiger partial charge in [0.15, 0.2) is 23.3 Å². The predicted molar refractivity (Wildman–Crippen MR) is 61.1 cm³/mol. The first-order valence-electron chi connectivity index (χ1n) is 5.17. The highest BCUT2D eigenvalue weighted by atomic mass is 35.5. The molecule has 0 atom stereocenters. The highest BCUT2D eigenvalue weighted by Gasteiger charge is 2.30. The van der Waals surface area contributed by atoms with Crippen LogP contribution in [0, 0.1) is 29.1 Å². The van der Waals surface area contributed by atoms with Crippen LogP contribution in [-0.2, 0) is 0 Å². The van der Waals surface area contributed by atoms with Crippen LogP contribution in [-0.4, -0.2) is 5.78 Å². The van der Waals surface area contributed by atoms with Gasteiger partial charge in [0.1, 0.15) is 5.56 Å². The van der Waals surface area contributed by atoms with Gasteiger partial charge in [-0.05, 0) is 12.1 Å². The van der Waals surface area contributed by atoms with E-state index < -0.39 is 40.4 Å². The van der Waals surface area contributed by atoms with Gasteiger partial charge in [-0.25, -0.2) is 22.0 Å². The normalized spacial score (nSPS) is 10.7. The van der Waals surface area contributed by atoms with E-state index in [1.54, 1.807) is 0 Å². The van der Waals surface area contributed by atoms with Gasteiger partial charge in [0, 0.05) is 5.56 Å². The molecule has 0 amide bonds. The van der Waals surface area contributed by atoms with Crippen LogP contribution >= 0.6 is 11.6 Å². The molecule has 20 heavy (non-hydrogen) atoms. The highest BCUT2D eigenvalue weighted by Crippen LogP contribution is 2.27. The van der Waals surface area contributed by atoms with E-state index >= 15 is 0 Å². The molecule has 0 heterocycles. The molecule has 0 bridgehead atoms. The third kappa shape index (κ3) is 2.16. The summed E-state index contributed by atoms with van der Waals surface area (Å²) < 4.78 is 65.9. The molecule has 0 spiro atoms. The topological polar surface area (TPSA) is 17.1 Å². The number of ketones is 1. The third-order valence-electron chi connectivity index (χ3n) is 2.56. The Hall–Kier alpha value is -1.95. The van der Waals surface area contributed by atoms with E-state index in [1.165, 1.54) is 18.2 Å². The largest absolute Gasteiger partial charge is 0.288 e. The van der Waals surface area contributed by atoms with Crippen molar-refractivity contribution < 1.29 is 26.7 Å². The lowest BCUT2D eigenvalue weighted by atomic mass is 10.0. The third-order valence-corrected chi connectivity index (χ3v) is 2.88. The second-order valence-electron chi connectivity index (χ2n) is 3.75. The van der Waals surface area contributed by atoms with Crippen molar-refractivity contribution in [2.45, 2.75) is 0 Å². The zero-order valence-corrected chi connectivity index (χ0v) is 10.2. The lowest BCUT2D eigenvalue weighted by Crippen LogP contribution is -2.14. The summed E-state index contributed by atoms with van der Waals surface area (Å²) in [6.07, 6.45) is 0. The molecule has 0 aliphatic heterocycles. The van der Waals surface area contributed by atoms with Gasteiger partial charge in [-0.3, -0.25) is 4.79 Å².